The lowest BCUT2D eigenvalue weighted by Crippen LogP contribution is -2.53. The van der Waals surface area contributed by atoms with Gasteiger partial charge in [-0.05, 0) is 37.3 Å². The molecule has 0 radical (unpaired) electrons. The van der Waals surface area contributed by atoms with Gasteiger partial charge >= 0.3 is 0 Å². The van der Waals surface area contributed by atoms with Crippen LogP contribution in [0.2, 0.25) is 0 Å². The fraction of sp³-hybridized carbons (Fsp3) is 0.500. The van der Waals surface area contributed by atoms with Crippen molar-refractivity contribution in [3.05, 3.63) is 58.5 Å². The number of aliphatic hydroxyl groups excluding tert-OH is 1. The molecule has 1 aliphatic heterocycles. The number of amides is 1. The summed E-state index contributed by atoms with van der Waals surface area (Å²) in [6.07, 6.45) is 5.16. The molecule has 1 aromatic carbocycles. The molecule has 2 aliphatic rings. The molecular weight excluding hydrogens is 378 g/mol. The fourth-order valence-corrected chi connectivity index (χ4v) is 5.30. The molecule has 1 saturated heterocycles. The Balaban J connectivity index is 1.73. The number of benzene rings is 1. The average Bonchev–Trinajstić information content (AvgIpc) is 3.14. The van der Waals surface area contributed by atoms with Crippen LogP contribution in [0.4, 0.5) is 0 Å². The van der Waals surface area contributed by atoms with Crippen molar-refractivity contribution < 1.29 is 9.90 Å². The van der Waals surface area contributed by atoms with Crippen molar-refractivity contribution in [2.24, 2.45) is 11.3 Å². The van der Waals surface area contributed by atoms with Crippen molar-refractivity contribution in [1.82, 2.24) is 14.8 Å². The number of carbonyl (C=O) groups is 1. The van der Waals surface area contributed by atoms with E-state index in [9.17, 15) is 14.7 Å². The van der Waals surface area contributed by atoms with Gasteiger partial charge in [-0.3, -0.25) is 9.59 Å². The van der Waals surface area contributed by atoms with E-state index in [-0.39, 0.29) is 28.9 Å². The summed E-state index contributed by atoms with van der Waals surface area (Å²) in [5.74, 6) is 0.0889. The third-order valence-electron chi connectivity index (χ3n) is 6.98. The van der Waals surface area contributed by atoms with Crippen LogP contribution in [0, 0.1) is 11.3 Å². The molecule has 6 heteroatoms. The second kappa shape index (κ2) is 8.36. The van der Waals surface area contributed by atoms with E-state index in [0.29, 0.717) is 17.7 Å². The van der Waals surface area contributed by atoms with E-state index in [1.807, 2.05) is 30.3 Å². The van der Waals surface area contributed by atoms with E-state index in [2.05, 4.69) is 5.32 Å². The number of hydrogen-bond acceptors (Lipinski definition) is 4. The van der Waals surface area contributed by atoms with Crippen molar-refractivity contribution >= 4 is 5.91 Å². The summed E-state index contributed by atoms with van der Waals surface area (Å²) in [7, 11) is 3.45. The smallest absolute Gasteiger partial charge is 0.255 e. The minimum atomic E-state index is -0.339. The number of piperidine rings is 1. The van der Waals surface area contributed by atoms with Crippen molar-refractivity contribution in [2.45, 2.75) is 38.3 Å². The van der Waals surface area contributed by atoms with Crippen molar-refractivity contribution in [2.75, 3.05) is 27.2 Å². The van der Waals surface area contributed by atoms with Crippen molar-refractivity contribution in [3.8, 4) is 11.1 Å². The number of nitrogens with one attached hydrogen (secondary N) is 1. The lowest BCUT2D eigenvalue weighted by atomic mass is 9.70. The van der Waals surface area contributed by atoms with Crippen molar-refractivity contribution in [3.63, 3.8) is 0 Å². The first-order valence-corrected chi connectivity index (χ1v) is 10.8. The van der Waals surface area contributed by atoms with Crippen LogP contribution in [-0.2, 0) is 6.54 Å². The molecule has 0 bridgehead atoms. The minimum Gasteiger partial charge on any atom is -0.392 e. The molecule has 3 atom stereocenters. The number of rotatable bonds is 4. The molecule has 30 heavy (non-hydrogen) atoms. The molecule has 3 unspecified atom stereocenters. The zero-order valence-corrected chi connectivity index (χ0v) is 17.8. The number of hydrogen-bond donors (Lipinski definition) is 2. The summed E-state index contributed by atoms with van der Waals surface area (Å²) in [5.41, 5.74) is 1.76. The van der Waals surface area contributed by atoms with Gasteiger partial charge in [-0.1, -0.05) is 36.8 Å². The zero-order chi connectivity index (χ0) is 21.3. The van der Waals surface area contributed by atoms with Crippen LogP contribution in [0.1, 0.15) is 36.0 Å². The molecule has 2 fully saturated rings. The van der Waals surface area contributed by atoms with Gasteiger partial charge in [0.05, 0.1) is 11.7 Å². The van der Waals surface area contributed by atoms with Crippen LogP contribution in [0.5, 0.6) is 0 Å². The Kier molecular flexibility index (Phi) is 5.80. The van der Waals surface area contributed by atoms with E-state index in [1.165, 1.54) is 0 Å². The molecule has 2 aromatic rings. The number of carbonyl (C=O) groups excluding carboxylic acids is 1. The van der Waals surface area contributed by atoms with Crippen molar-refractivity contribution in [1.29, 1.82) is 0 Å². The van der Waals surface area contributed by atoms with E-state index >= 15 is 0 Å². The van der Waals surface area contributed by atoms with Gasteiger partial charge in [-0.2, -0.15) is 0 Å². The van der Waals surface area contributed by atoms with E-state index in [1.54, 1.807) is 35.8 Å². The highest BCUT2D eigenvalue weighted by Crippen LogP contribution is 2.48. The largest absolute Gasteiger partial charge is 0.392 e. The van der Waals surface area contributed by atoms with Gasteiger partial charge in [0, 0.05) is 50.4 Å². The maximum Gasteiger partial charge on any atom is 0.255 e. The molecule has 6 nitrogen and oxygen atoms in total. The third kappa shape index (κ3) is 3.70. The molecule has 160 valence electrons. The number of aliphatic hydroxyl groups is 1. The van der Waals surface area contributed by atoms with Crippen LogP contribution in [0.3, 0.4) is 0 Å². The Morgan fingerprint density at radius 3 is 2.73 bits per heavy atom. The molecule has 1 aromatic heterocycles. The van der Waals surface area contributed by atoms with Gasteiger partial charge in [0.2, 0.25) is 0 Å². The molecule has 1 aliphatic carbocycles. The molecule has 2 N–H and O–H groups in total. The van der Waals surface area contributed by atoms with Gasteiger partial charge in [-0.15, -0.1) is 0 Å². The van der Waals surface area contributed by atoms with E-state index < -0.39 is 0 Å². The molecular formula is C24H31N3O3. The van der Waals surface area contributed by atoms with Gasteiger partial charge in [0.1, 0.15) is 0 Å². The summed E-state index contributed by atoms with van der Waals surface area (Å²) >= 11 is 0. The monoisotopic (exact) mass is 409 g/mol. The van der Waals surface area contributed by atoms with Gasteiger partial charge < -0.3 is 19.9 Å². The topological polar surface area (TPSA) is 74.6 Å². The van der Waals surface area contributed by atoms with Crippen LogP contribution in [0.15, 0.2) is 47.4 Å². The lowest BCUT2D eigenvalue weighted by molar-refractivity contribution is -0.0317. The second-order valence-electron chi connectivity index (χ2n) is 8.96. The summed E-state index contributed by atoms with van der Waals surface area (Å²) in [6.45, 7) is 2.16. The first-order valence-electron chi connectivity index (χ1n) is 10.8. The molecule has 2 heterocycles. The summed E-state index contributed by atoms with van der Waals surface area (Å²) in [5, 5.41) is 14.2. The maximum atomic E-state index is 13.1. The zero-order valence-electron chi connectivity index (χ0n) is 17.8. The quantitative estimate of drug-likeness (QED) is 0.813. The third-order valence-corrected chi connectivity index (χ3v) is 6.98. The highest BCUT2D eigenvalue weighted by atomic mass is 16.3. The highest BCUT2D eigenvalue weighted by Gasteiger charge is 2.49. The first kappa shape index (κ1) is 20.8. The predicted molar refractivity (Wildman–Crippen MR) is 117 cm³/mol. The minimum absolute atomic E-state index is 0.107. The number of nitrogens with zero attached hydrogens (tertiary/aromatic N) is 2. The molecule has 4 rings (SSSR count). The standard InChI is InChI=1S/C24H31N3O3/c1-26(2)23(30)20-15-27(22(29)13-19(20)17-7-4-3-5-8-17)14-18-9-6-11-24(18)16-25-12-10-21(24)28/h3-5,7-8,13,15,18,21,25,28H,6,9-12,14,16H2,1-2H3. The van der Waals surface area contributed by atoms with Gasteiger partial charge in [-0.25, -0.2) is 0 Å². The lowest BCUT2D eigenvalue weighted by Gasteiger charge is -2.43. The fourth-order valence-electron chi connectivity index (χ4n) is 5.30. The highest BCUT2D eigenvalue weighted by molar-refractivity contribution is 6.00. The SMILES string of the molecule is CN(C)C(=O)c1cn(CC2CCCC23CNCCC3O)c(=O)cc1-c1ccccc1. The Morgan fingerprint density at radius 1 is 1.27 bits per heavy atom. The Hall–Kier alpha value is -2.44. The Bertz CT molecular complexity index is 969. The van der Waals surface area contributed by atoms with Crippen LogP contribution < -0.4 is 10.9 Å². The summed E-state index contributed by atoms with van der Waals surface area (Å²) in [6, 6.07) is 11.2. The predicted octanol–water partition coefficient (Wildman–Crippen LogP) is 2.36. The van der Waals surface area contributed by atoms with Crippen LogP contribution >= 0.6 is 0 Å². The van der Waals surface area contributed by atoms with Gasteiger partial charge in [0.15, 0.2) is 0 Å². The molecule has 1 amide bonds. The normalized spacial score (nSPS) is 26.1. The number of pyridine rings is 1. The molecule has 1 spiro atoms. The van der Waals surface area contributed by atoms with Crippen LogP contribution in [0.25, 0.3) is 11.1 Å². The summed E-state index contributed by atoms with van der Waals surface area (Å²) in [4.78, 5) is 27.5. The number of aromatic nitrogens is 1. The van der Waals surface area contributed by atoms with E-state index in [4.69, 9.17) is 0 Å². The van der Waals surface area contributed by atoms with Gasteiger partial charge in [0.25, 0.3) is 11.5 Å². The maximum absolute atomic E-state index is 13.1. The first-order chi connectivity index (χ1) is 14.4. The molecule has 1 saturated carbocycles. The Labute approximate surface area is 177 Å². The Morgan fingerprint density at radius 2 is 2.03 bits per heavy atom. The summed E-state index contributed by atoms with van der Waals surface area (Å²) < 4.78 is 1.68. The average molecular weight is 410 g/mol. The second-order valence-corrected chi connectivity index (χ2v) is 8.96. The van der Waals surface area contributed by atoms with E-state index in [0.717, 1.165) is 44.3 Å². The van der Waals surface area contributed by atoms with Crippen LogP contribution in [-0.4, -0.2) is 53.8 Å².